The molecule has 156 valence electrons. The summed E-state index contributed by atoms with van der Waals surface area (Å²) >= 11 is 0. The van der Waals surface area contributed by atoms with Gasteiger partial charge in [0.1, 0.15) is 23.5 Å². The average Bonchev–Trinajstić information content (AvgIpc) is 3.50. The number of nitrogens with zero attached hydrogens (tertiary/aromatic N) is 8. The fourth-order valence-electron chi connectivity index (χ4n) is 2.63. The summed E-state index contributed by atoms with van der Waals surface area (Å²) in [5, 5.41) is 46.2. The Kier molecular flexibility index (Phi) is 6.29. The lowest BCUT2D eigenvalue weighted by molar-refractivity contribution is -0.389. The number of aromatic nitrogens is 4. The number of rotatable bonds is 4. The lowest BCUT2D eigenvalue weighted by atomic mass is 10.2. The summed E-state index contributed by atoms with van der Waals surface area (Å²) in [6, 6.07) is 20.1. The van der Waals surface area contributed by atoms with Crippen molar-refractivity contribution >= 4 is 11.6 Å². The van der Waals surface area contributed by atoms with Crippen molar-refractivity contribution in [3.05, 3.63) is 104 Å². The average molecular weight is 428 g/mol. The van der Waals surface area contributed by atoms with E-state index in [2.05, 4.69) is 10.2 Å². The fourth-order valence-corrected chi connectivity index (χ4v) is 2.63. The van der Waals surface area contributed by atoms with Gasteiger partial charge in [0.15, 0.2) is 0 Å². The van der Waals surface area contributed by atoms with Gasteiger partial charge in [0, 0.05) is 0 Å². The predicted octanol–water partition coefficient (Wildman–Crippen LogP) is 3.30. The number of para-hydroxylation sites is 2. The molecule has 0 unspecified atom stereocenters. The van der Waals surface area contributed by atoms with Gasteiger partial charge >= 0.3 is 11.6 Å². The molecule has 32 heavy (non-hydrogen) atoms. The van der Waals surface area contributed by atoms with Crippen LogP contribution in [0.15, 0.2) is 73.1 Å². The van der Waals surface area contributed by atoms with Crippen LogP contribution in [0, 0.1) is 42.9 Å². The zero-order valence-electron chi connectivity index (χ0n) is 16.1. The summed E-state index contributed by atoms with van der Waals surface area (Å²) in [5.41, 5.74) is 1.89. The SMILES string of the molecule is N#Cc1ccccc1-n1ccc([N+](=O)[O-])n1.N#Cc1ccccc1-n1ccc([N+](=O)[O-])n1. The van der Waals surface area contributed by atoms with Crippen LogP contribution in [0.4, 0.5) is 11.6 Å². The van der Waals surface area contributed by atoms with Gasteiger partial charge < -0.3 is 20.2 Å². The summed E-state index contributed by atoms with van der Waals surface area (Å²) in [6.45, 7) is 0. The smallest absolute Gasteiger partial charge is 0.358 e. The molecule has 0 aliphatic carbocycles. The summed E-state index contributed by atoms with van der Waals surface area (Å²) in [4.78, 5) is 19.8. The largest absolute Gasteiger partial charge is 0.390 e. The predicted molar refractivity (Wildman–Crippen MR) is 110 cm³/mol. The molecule has 0 saturated carbocycles. The van der Waals surface area contributed by atoms with Crippen molar-refractivity contribution in [1.82, 2.24) is 19.6 Å². The summed E-state index contributed by atoms with van der Waals surface area (Å²) in [6.07, 6.45) is 2.91. The maximum absolute atomic E-state index is 10.5. The third-order valence-electron chi connectivity index (χ3n) is 4.07. The van der Waals surface area contributed by atoms with Crippen molar-refractivity contribution in [2.24, 2.45) is 0 Å². The number of hydrogen-bond donors (Lipinski definition) is 0. The number of nitro groups is 2. The molecule has 2 heterocycles. The van der Waals surface area contributed by atoms with Gasteiger partial charge in [-0.05, 0) is 34.1 Å². The number of hydrogen-bond acceptors (Lipinski definition) is 8. The molecule has 4 rings (SSSR count). The van der Waals surface area contributed by atoms with Gasteiger partial charge in [-0.3, -0.25) is 0 Å². The van der Waals surface area contributed by atoms with Crippen LogP contribution in [0.2, 0.25) is 0 Å². The van der Waals surface area contributed by atoms with Crippen LogP contribution in [0.3, 0.4) is 0 Å². The first-order chi connectivity index (χ1) is 15.4. The van der Waals surface area contributed by atoms with E-state index in [0.717, 1.165) is 0 Å². The van der Waals surface area contributed by atoms with E-state index < -0.39 is 9.85 Å². The Labute approximate surface area is 180 Å². The standard InChI is InChI=1S/2C10H6N4O2/c2*11-7-8-3-1-2-4-9(8)13-6-5-10(12-13)14(15)16/h2*1-6H. The van der Waals surface area contributed by atoms with Crippen molar-refractivity contribution in [2.45, 2.75) is 0 Å². The van der Waals surface area contributed by atoms with Crippen molar-refractivity contribution in [3.8, 4) is 23.5 Å². The van der Waals surface area contributed by atoms with Crippen LogP contribution in [0.1, 0.15) is 11.1 Å². The molecule has 0 spiro atoms. The second-order valence-electron chi connectivity index (χ2n) is 6.01. The molecule has 12 heteroatoms. The molecule has 12 nitrogen and oxygen atoms in total. The maximum Gasteiger partial charge on any atom is 0.390 e. The summed E-state index contributed by atoms with van der Waals surface area (Å²) in [5.74, 6) is -0.486. The minimum Gasteiger partial charge on any atom is -0.358 e. The molecule has 0 aliphatic rings. The molecule has 0 atom stereocenters. The molecule has 0 radical (unpaired) electrons. The number of nitriles is 2. The molecule has 0 aliphatic heterocycles. The van der Waals surface area contributed by atoms with E-state index in [-0.39, 0.29) is 11.6 Å². The topological polar surface area (TPSA) is 170 Å². The normalized spacial score (nSPS) is 9.69. The van der Waals surface area contributed by atoms with Gasteiger partial charge in [0.05, 0.1) is 45.9 Å². The minimum absolute atomic E-state index is 0.243. The van der Waals surface area contributed by atoms with Gasteiger partial charge in [0.2, 0.25) is 0 Å². The molecule has 0 saturated heterocycles. The lowest BCUT2D eigenvalue weighted by Gasteiger charge is -1.98. The maximum atomic E-state index is 10.5. The molecule has 0 bridgehead atoms. The van der Waals surface area contributed by atoms with Crippen LogP contribution in [-0.4, -0.2) is 29.4 Å². The van der Waals surface area contributed by atoms with Crippen molar-refractivity contribution in [2.75, 3.05) is 0 Å². The van der Waals surface area contributed by atoms with E-state index in [9.17, 15) is 20.2 Å². The highest BCUT2D eigenvalue weighted by Crippen LogP contribution is 2.16. The highest BCUT2D eigenvalue weighted by molar-refractivity contribution is 5.49. The Balaban J connectivity index is 0.000000181. The lowest BCUT2D eigenvalue weighted by Crippen LogP contribution is -1.99. The molecule has 0 amide bonds. The van der Waals surface area contributed by atoms with E-state index in [4.69, 9.17) is 10.5 Å². The monoisotopic (exact) mass is 428 g/mol. The van der Waals surface area contributed by atoms with E-state index >= 15 is 0 Å². The zero-order valence-corrected chi connectivity index (χ0v) is 16.1. The van der Waals surface area contributed by atoms with E-state index in [1.165, 1.54) is 33.9 Å². The Morgan fingerprint density at radius 1 is 0.688 bits per heavy atom. The van der Waals surface area contributed by atoms with Crippen molar-refractivity contribution in [1.29, 1.82) is 10.5 Å². The Hall–Kier alpha value is -5.36. The highest BCUT2D eigenvalue weighted by Gasteiger charge is 2.15. The first-order valence-electron chi connectivity index (χ1n) is 8.83. The van der Waals surface area contributed by atoms with Gasteiger partial charge in [-0.15, -0.1) is 9.36 Å². The van der Waals surface area contributed by atoms with E-state index in [0.29, 0.717) is 22.5 Å². The minimum atomic E-state index is -0.578. The summed E-state index contributed by atoms with van der Waals surface area (Å²) in [7, 11) is 0. The third kappa shape index (κ3) is 4.61. The van der Waals surface area contributed by atoms with Gasteiger partial charge in [-0.25, -0.2) is 0 Å². The highest BCUT2D eigenvalue weighted by atomic mass is 16.6. The van der Waals surface area contributed by atoms with E-state index in [1.54, 1.807) is 48.5 Å². The fraction of sp³-hybridized carbons (Fsp3) is 0. The van der Waals surface area contributed by atoms with Crippen molar-refractivity contribution < 1.29 is 9.85 Å². The quantitative estimate of drug-likeness (QED) is 0.352. The van der Waals surface area contributed by atoms with Crippen LogP contribution in [0.25, 0.3) is 11.4 Å². The Morgan fingerprint density at radius 2 is 1.06 bits per heavy atom. The van der Waals surface area contributed by atoms with Gasteiger partial charge in [-0.2, -0.15) is 10.5 Å². The molecule has 2 aromatic heterocycles. The van der Waals surface area contributed by atoms with Crippen LogP contribution < -0.4 is 0 Å². The first-order valence-corrected chi connectivity index (χ1v) is 8.83. The Bertz CT molecular complexity index is 1270. The van der Waals surface area contributed by atoms with Gasteiger partial charge in [0.25, 0.3) is 0 Å². The zero-order chi connectivity index (χ0) is 23.1. The van der Waals surface area contributed by atoms with E-state index in [1.807, 2.05) is 12.1 Å². The molecular weight excluding hydrogens is 416 g/mol. The molecule has 4 aromatic rings. The van der Waals surface area contributed by atoms with Gasteiger partial charge in [-0.1, -0.05) is 24.3 Å². The second kappa shape index (κ2) is 9.43. The molecule has 2 aromatic carbocycles. The van der Waals surface area contributed by atoms with Crippen LogP contribution in [0.5, 0.6) is 0 Å². The first kappa shape index (κ1) is 21.4. The van der Waals surface area contributed by atoms with Crippen LogP contribution >= 0.6 is 0 Å². The molecule has 0 N–H and O–H groups in total. The molecule has 0 fully saturated rings. The van der Waals surface area contributed by atoms with Crippen molar-refractivity contribution in [3.63, 3.8) is 0 Å². The third-order valence-corrected chi connectivity index (χ3v) is 4.07. The number of benzene rings is 2. The second-order valence-corrected chi connectivity index (χ2v) is 6.01. The van der Waals surface area contributed by atoms with Crippen LogP contribution in [-0.2, 0) is 0 Å². The molecular formula is C20H12N8O4. The Morgan fingerprint density at radius 3 is 1.38 bits per heavy atom. The summed E-state index contributed by atoms with van der Waals surface area (Å²) < 4.78 is 2.63.